The lowest BCUT2D eigenvalue weighted by molar-refractivity contribution is 0.379. The van der Waals surface area contributed by atoms with Crippen LogP contribution in [0.3, 0.4) is 0 Å². The number of hydrogen-bond acceptors (Lipinski definition) is 2. The Labute approximate surface area is 340 Å². The van der Waals surface area contributed by atoms with E-state index in [2.05, 4.69) is 182 Å². The fourth-order valence-corrected chi connectivity index (χ4v) is 9.90. The van der Waals surface area contributed by atoms with E-state index in [1.54, 1.807) is 0 Å². The normalized spacial score (nSPS) is 15.0. The molecule has 0 aliphatic heterocycles. The number of aromatic nitrogens is 1. The maximum atomic E-state index is 4.64. The lowest BCUT2D eigenvalue weighted by Gasteiger charge is -2.32. The molecule has 3 aromatic heterocycles. The van der Waals surface area contributed by atoms with Gasteiger partial charge in [-0.05, 0) is 91.6 Å². The van der Waals surface area contributed by atoms with Gasteiger partial charge in [0.1, 0.15) is 0 Å². The van der Waals surface area contributed by atoms with Crippen molar-refractivity contribution in [1.82, 2.24) is 9.30 Å². The summed E-state index contributed by atoms with van der Waals surface area (Å²) in [5.41, 5.74) is 10.9. The first-order valence-corrected chi connectivity index (χ1v) is 20.9. The van der Waals surface area contributed by atoms with E-state index in [0.29, 0.717) is 0 Å². The average Bonchev–Trinajstić information content (AvgIpc) is 3.91. The van der Waals surface area contributed by atoms with Gasteiger partial charge in [-0.3, -0.25) is 0 Å². The molecule has 2 nitrogen and oxygen atoms in total. The second-order valence-corrected chi connectivity index (χ2v) is 16.5. The van der Waals surface area contributed by atoms with Gasteiger partial charge < -0.3 is 9.30 Å². The topological polar surface area (TPSA) is 7.65 Å². The molecular weight excluding hydrogens is 709 g/mol. The molecule has 5 aromatic carbocycles. The standard InChI is InChI=1S/C54H48N2S/c1-6-8-15-36(3)37(4)23-24-38(5)55(43-29-25-40(26-30-43)42-28-32-53-49(35-42)45-18-10-12-22-52(45)57-53)33-14-16-39(7-2)41-27-31-51-48(34-41)47-20-13-19-46-44-17-9-11-21-50(44)56(51)54(46)47/h6-7,9-14,17-22,25-29,31-35,39,43H,1-5,8,15-16,23-24,30H2/b33-14+. The Hall–Kier alpha value is -6.16. The second-order valence-electron chi connectivity index (χ2n) is 15.4. The summed E-state index contributed by atoms with van der Waals surface area (Å²) in [6, 6.07) is 38.2. The summed E-state index contributed by atoms with van der Waals surface area (Å²) >= 11 is 1.86. The largest absolute Gasteiger partial charge is 0.345 e. The number of para-hydroxylation sites is 2. The van der Waals surface area contributed by atoms with Gasteiger partial charge in [0, 0.05) is 59.5 Å². The Morgan fingerprint density at radius 1 is 0.737 bits per heavy atom. The molecule has 9 rings (SSSR count). The zero-order valence-corrected chi connectivity index (χ0v) is 33.4. The van der Waals surface area contributed by atoms with E-state index in [-0.39, 0.29) is 12.0 Å². The number of nitrogens with zero attached hydrogens (tertiary/aromatic N) is 2. The number of fused-ring (bicyclic) bond motifs is 9. The predicted octanol–water partition coefficient (Wildman–Crippen LogP) is 15.5. The summed E-state index contributed by atoms with van der Waals surface area (Å²) < 4.78 is 5.11. The van der Waals surface area contributed by atoms with Crippen LogP contribution in [-0.2, 0) is 0 Å². The van der Waals surface area contributed by atoms with E-state index >= 15 is 0 Å². The van der Waals surface area contributed by atoms with Crippen molar-refractivity contribution in [2.45, 2.75) is 50.5 Å². The smallest absolute Gasteiger partial charge is 0.0620 e. The third-order valence-electron chi connectivity index (χ3n) is 12.0. The predicted molar refractivity (Wildman–Crippen MR) is 251 cm³/mol. The van der Waals surface area contributed by atoms with Crippen molar-refractivity contribution >= 4 is 75.2 Å². The van der Waals surface area contributed by atoms with Crippen molar-refractivity contribution in [3.05, 3.63) is 207 Å². The molecule has 0 radical (unpaired) electrons. The van der Waals surface area contributed by atoms with Gasteiger partial charge in [0.2, 0.25) is 0 Å². The van der Waals surface area contributed by atoms with Crippen molar-refractivity contribution in [3.63, 3.8) is 0 Å². The molecule has 2 atom stereocenters. The Kier molecular flexibility index (Phi) is 9.86. The minimum absolute atomic E-state index is 0.160. The quantitative estimate of drug-likeness (QED) is 0.0747. The summed E-state index contributed by atoms with van der Waals surface area (Å²) in [5.74, 6) is 0.169. The third kappa shape index (κ3) is 6.66. The van der Waals surface area contributed by atoms with Crippen LogP contribution in [0.1, 0.15) is 55.6 Å². The Morgan fingerprint density at radius 3 is 2.28 bits per heavy atom. The molecule has 0 fully saturated rings. The molecule has 0 amide bonds. The van der Waals surface area contributed by atoms with Crippen molar-refractivity contribution in [3.8, 4) is 0 Å². The van der Waals surface area contributed by atoms with Gasteiger partial charge in [0.05, 0.1) is 22.6 Å². The van der Waals surface area contributed by atoms with Gasteiger partial charge in [-0.15, -0.1) is 24.5 Å². The van der Waals surface area contributed by atoms with Gasteiger partial charge in [0.15, 0.2) is 0 Å². The maximum absolute atomic E-state index is 4.64. The Balaban J connectivity index is 0.970. The molecule has 0 saturated carbocycles. The van der Waals surface area contributed by atoms with Gasteiger partial charge in [-0.1, -0.05) is 134 Å². The average molecular weight is 757 g/mol. The van der Waals surface area contributed by atoms with Gasteiger partial charge in [-0.2, -0.15) is 0 Å². The zero-order chi connectivity index (χ0) is 39.0. The molecule has 0 saturated heterocycles. The van der Waals surface area contributed by atoms with Crippen molar-refractivity contribution < 1.29 is 0 Å². The van der Waals surface area contributed by atoms with E-state index in [0.717, 1.165) is 55.4 Å². The maximum Gasteiger partial charge on any atom is 0.0620 e. The molecule has 57 heavy (non-hydrogen) atoms. The highest BCUT2D eigenvalue weighted by molar-refractivity contribution is 7.25. The van der Waals surface area contributed by atoms with Crippen LogP contribution in [0, 0.1) is 0 Å². The Morgan fingerprint density at radius 2 is 1.47 bits per heavy atom. The Bertz CT molecular complexity index is 2980. The lowest BCUT2D eigenvalue weighted by atomic mass is 9.93. The van der Waals surface area contributed by atoms with Crippen LogP contribution in [0.4, 0.5) is 0 Å². The highest BCUT2D eigenvalue weighted by atomic mass is 32.1. The van der Waals surface area contributed by atoms with Gasteiger partial charge >= 0.3 is 0 Å². The molecule has 280 valence electrons. The van der Waals surface area contributed by atoms with Crippen molar-refractivity contribution in [1.29, 1.82) is 0 Å². The van der Waals surface area contributed by atoms with Crippen molar-refractivity contribution in [2.24, 2.45) is 0 Å². The van der Waals surface area contributed by atoms with E-state index in [1.807, 2.05) is 17.4 Å². The van der Waals surface area contributed by atoms with Crippen LogP contribution < -0.4 is 0 Å². The zero-order valence-electron chi connectivity index (χ0n) is 32.6. The van der Waals surface area contributed by atoms with Crippen LogP contribution in [0.2, 0.25) is 0 Å². The summed E-state index contributed by atoms with van der Waals surface area (Å²) in [6.45, 7) is 21.5. The van der Waals surface area contributed by atoms with Crippen LogP contribution in [0.15, 0.2) is 196 Å². The van der Waals surface area contributed by atoms with Gasteiger partial charge in [-0.25, -0.2) is 0 Å². The second kappa shape index (κ2) is 15.4. The number of hydrogen-bond donors (Lipinski definition) is 0. The molecule has 3 heterocycles. The van der Waals surface area contributed by atoms with Crippen LogP contribution in [0.5, 0.6) is 0 Å². The lowest BCUT2D eigenvalue weighted by Crippen LogP contribution is -2.29. The van der Waals surface area contributed by atoms with E-state index in [9.17, 15) is 0 Å². The van der Waals surface area contributed by atoms with Crippen LogP contribution in [-0.4, -0.2) is 15.3 Å². The molecule has 1 aliphatic rings. The fourth-order valence-electron chi connectivity index (χ4n) is 8.81. The first-order valence-electron chi connectivity index (χ1n) is 20.1. The third-order valence-corrected chi connectivity index (χ3v) is 13.1. The monoisotopic (exact) mass is 756 g/mol. The van der Waals surface area contributed by atoms with Crippen molar-refractivity contribution in [2.75, 3.05) is 0 Å². The molecule has 0 bridgehead atoms. The first kappa shape index (κ1) is 36.5. The number of rotatable bonds is 15. The minimum Gasteiger partial charge on any atom is -0.345 e. The highest BCUT2D eigenvalue weighted by Crippen LogP contribution is 2.41. The molecule has 0 spiro atoms. The molecule has 1 aliphatic carbocycles. The van der Waals surface area contributed by atoms with E-state index in [4.69, 9.17) is 0 Å². The van der Waals surface area contributed by atoms with Crippen LogP contribution in [0.25, 0.3) is 63.8 Å². The van der Waals surface area contributed by atoms with E-state index < -0.39 is 0 Å². The SMILES string of the molecule is C=CCCC(=C)C(=C)CCC(=C)N(/C=C/CC(C=C)c1ccc2c(c1)c1cccc3c4ccccc4n2c31)C1C=CC(c2ccc3sc4ccccc4c3c2)=CC1. The van der Waals surface area contributed by atoms with Gasteiger partial charge in [0.25, 0.3) is 0 Å². The number of benzene rings is 5. The first-order chi connectivity index (χ1) is 27.9. The summed E-state index contributed by atoms with van der Waals surface area (Å²) in [4.78, 5) is 2.38. The molecule has 0 N–H and O–H groups in total. The number of thiophene rings is 1. The number of allylic oxidation sites excluding steroid dienone is 8. The summed E-state index contributed by atoms with van der Waals surface area (Å²) in [7, 11) is 0. The summed E-state index contributed by atoms with van der Waals surface area (Å²) in [5, 5.41) is 7.87. The summed E-state index contributed by atoms with van der Waals surface area (Å²) in [6.07, 6.45) is 20.8. The molecular formula is C54H48N2S. The fraction of sp³-hybridized carbons (Fsp3) is 0.148. The van der Waals surface area contributed by atoms with Crippen LogP contribution >= 0.6 is 11.3 Å². The molecule has 2 unspecified atom stereocenters. The molecule has 3 heteroatoms. The molecule has 8 aromatic rings. The minimum atomic E-state index is 0.160. The van der Waals surface area contributed by atoms with E-state index in [1.165, 1.54) is 75.0 Å². The highest BCUT2D eigenvalue weighted by Gasteiger charge is 2.21.